The number of likely N-dealkylation sites (tertiary alicyclic amines) is 1. The number of rotatable bonds is 3. The first-order valence-corrected chi connectivity index (χ1v) is 7.06. The summed E-state index contributed by atoms with van der Waals surface area (Å²) in [4.78, 5) is 26.0. The molecule has 0 bridgehead atoms. The molecule has 2 rings (SSSR count). The third-order valence-corrected chi connectivity index (χ3v) is 4.15. The summed E-state index contributed by atoms with van der Waals surface area (Å²) in [5, 5.41) is 0. The largest absolute Gasteiger partial charge is 0.339 e. The van der Waals surface area contributed by atoms with Crippen LogP contribution in [0.3, 0.4) is 0 Å². The number of amides is 1. The molecule has 1 heterocycles. The maximum Gasteiger partial charge on any atom is 0.222 e. The first-order chi connectivity index (χ1) is 8.24. The number of Topliss-reactive ketones (excluding diaryl/α,β-unsaturated/α-hetero) is 1. The Morgan fingerprint density at radius 3 is 2.76 bits per heavy atom. The van der Waals surface area contributed by atoms with Crippen molar-refractivity contribution in [1.29, 1.82) is 0 Å². The van der Waals surface area contributed by atoms with Gasteiger partial charge in [-0.15, -0.1) is 0 Å². The van der Waals surface area contributed by atoms with E-state index in [1.807, 2.05) is 11.8 Å². The highest BCUT2D eigenvalue weighted by Crippen LogP contribution is 2.32. The predicted molar refractivity (Wildman–Crippen MR) is 66.6 cm³/mol. The second-order valence-corrected chi connectivity index (χ2v) is 5.37. The molecule has 2 fully saturated rings. The van der Waals surface area contributed by atoms with Crippen molar-refractivity contribution in [3.63, 3.8) is 0 Å². The SMILES string of the molecule is CCCC(=O)N1CCCCC1C1CCCC1=O. The lowest BCUT2D eigenvalue weighted by Gasteiger charge is -2.38. The topological polar surface area (TPSA) is 37.4 Å². The number of hydrogen-bond donors (Lipinski definition) is 0. The van der Waals surface area contributed by atoms with Gasteiger partial charge in [-0.2, -0.15) is 0 Å². The van der Waals surface area contributed by atoms with Gasteiger partial charge in [-0.3, -0.25) is 9.59 Å². The van der Waals surface area contributed by atoms with E-state index in [9.17, 15) is 9.59 Å². The van der Waals surface area contributed by atoms with Crippen LogP contribution in [-0.4, -0.2) is 29.2 Å². The molecule has 2 aliphatic rings. The molecule has 1 saturated heterocycles. The maximum absolute atomic E-state index is 12.1. The van der Waals surface area contributed by atoms with Crippen molar-refractivity contribution in [1.82, 2.24) is 4.90 Å². The molecule has 0 aromatic heterocycles. The molecule has 1 saturated carbocycles. The first kappa shape index (κ1) is 12.6. The molecule has 2 unspecified atom stereocenters. The van der Waals surface area contributed by atoms with Crippen LogP contribution in [0.15, 0.2) is 0 Å². The Kier molecular flexibility index (Phi) is 4.19. The summed E-state index contributed by atoms with van der Waals surface area (Å²) in [6.07, 6.45) is 7.60. The second-order valence-electron chi connectivity index (χ2n) is 5.37. The molecule has 3 nitrogen and oxygen atoms in total. The number of nitrogens with zero attached hydrogens (tertiary/aromatic N) is 1. The molecule has 1 aliphatic carbocycles. The Morgan fingerprint density at radius 2 is 2.12 bits per heavy atom. The summed E-state index contributed by atoms with van der Waals surface area (Å²) in [7, 11) is 0. The molecule has 0 N–H and O–H groups in total. The minimum atomic E-state index is 0.149. The third-order valence-electron chi connectivity index (χ3n) is 4.15. The average Bonchev–Trinajstić information content (AvgIpc) is 2.76. The maximum atomic E-state index is 12.1. The standard InChI is InChI=1S/C14H23NO2/c1-2-6-14(17)15-10-4-3-8-12(15)11-7-5-9-13(11)16/h11-12H,2-10H2,1H3. The molecular formula is C14H23NO2. The monoisotopic (exact) mass is 237 g/mol. The fourth-order valence-corrected chi connectivity index (χ4v) is 3.29. The van der Waals surface area contributed by atoms with Gasteiger partial charge >= 0.3 is 0 Å². The zero-order valence-electron chi connectivity index (χ0n) is 10.8. The molecule has 17 heavy (non-hydrogen) atoms. The molecule has 3 heteroatoms. The minimum Gasteiger partial charge on any atom is -0.339 e. The van der Waals surface area contributed by atoms with Gasteiger partial charge in [0.2, 0.25) is 5.91 Å². The fraction of sp³-hybridized carbons (Fsp3) is 0.857. The van der Waals surface area contributed by atoms with Crippen LogP contribution in [0.1, 0.15) is 58.3 Å². The lowest BCUT2D eigenvalue weighted by molar-refractivity contribution is -0.137. The van der Waals surface area contributed by atoms with Crippen LogP contribution in [0.25, 0.3) is 0 Å². The van der Waals surface area contributed by atoms with E-state index in [-0.39, 0.29) is 17.9 Å². The Labute approximate surface area is 104 Å². The number of ketones is 1. The van der Waals surface area contributed by atoms with Gasteiger partial charge in [-0.25, -0.2) is 0 Å². The highest BCUT2D eigenvalue weighted by molar-refractivity contribution is 5.85. The average molecular weight is 237 g/mol. The van der Waals surface area contributed by atoms with E-state index >= 15 is 0 Å². The van der Waals surface area contributed by atoms with E-state index in [0.29, 0.717) is 12.2 Å². The fourth-order valence-electron chi connectivity index (χ4n) is 3.29. The van der Waals surface area contributed by atoms with Gasteiger partial charge in [0.1, 0.15) is 5.78 Å². The lowest BCUT2D eigenvalue weighted by atomic mass is 9.88. The van der Waals surface area contributed by atoms with Gasteiger partial charge in [-0.05, 0) is 38.5 Å². The van der Waals surface area contributed by atoms with Crippen molar-refractivity contribution in [2.75, 3.05) is 6.54 Å². The molecule has 0 radical (unpaired) electrons. The summed E-state index contributed by atoms with van der Waals surface area (Å²) in [5.74, 6) is 0.805. The molecule has 1 aliphatic heterocycles. The molecule has 0 aromatic rings. The van der Waals surface area contributed by atoms with Gasteiger partial charge in [0, 0.05) is 31.3 Å². The van der Waals surface area contributed by atoms with Crippen LogP contribution in [0.2, 0.25) is 0 Å². The van der Waals surface area contributed by atoms with Crippen LogP contribution >= 0.6 is 0 Å². The summed E-state index contributed by atoms with van der Waals surface area (Å²) in [6, 6.07) is 0.220. The van der Waals surface area contributed by atoms with Crippen LogP contribution in [0.5, 0.6) is 0 Å². The van der Waals surface area contributed by atoms with E-state index in [0.717, 1.165) is 45.1 Å². The van der Waals surface area contributed by atoms with Crippen molar-refractivity contribution in [3.8, 4) is 0 Å². The molecular weight excluding hydrogens is 214 g/mol. The Balaban J connectivity index is 2.06. The van der Waals surface area contributed by atoms with E-state index in [1.54, 1.807) is 0 Å². The van der Waals surface area contributed by atoms with Gasteiger partial charge in [0.15, 0.2) is 0 Å². The van der Waals surface area contributed by atoms with Crippen molar-refractivity contribution >= 4 is 11.7 Å². The highest BCUT2D eigenvalue weighted by atomic mass is 16.2. The van der Waals surface area contributed by atoms with Crippen LogP contribution in [0, 0.1) is 5.92 Å². The van der Waals surface area contributed by atoms with Crippen LogP contribution in [-0.2, 0) is 9.59 Å². The highest BCUT2D eigenvalue weighted by Gasteiger charge is 2.38. The summed E-state index contributed by atoms with van der Waals surface area (Å²) in [6.45, 7) is 2.91. The predicted octanol–water partition coefficient (Wildman–Crippen LogP) is 2.54. The molecule has 1 amide bonds. The zero-order valence-corrected chi connectivity index (χ0v) is 10.8. The quantitative estimate of drug-likeness (QED) is 0.756. The van der Waals surface area contributed by atoms with Crippen molar-refractivity contribution < 1.29 is 9.59 Å². The number of piperidine rings is 1. The van der Waals surface area contributed by atoms with Crippen molar-refractivity contribution in [2.45, 2.75) is 64.3 Å². The minimum absolute atomic E-state index is 0.149. The van der Waals surface area contributed by atoms with Gasteiger partial charge in [-0.1, -0.05) is 6.92 Å². The molecule has 0 spiro atoms. The third kappa shape index (κ3) is 2.70. The Hall–Kier alpha value is -0.860. The normalized spacial score (nSPS) is 29.7. The lowest BCUT2D eigenvalue weighted by Crippen LogP contribution is -2.48. The van der Waals surface area contributed by atoms with Crippen LogP contribution < -0.4 is 0 Å². The number of carbonyl (C=O) groups excluding carboxylic acids is 2. The zero-order chi connectivity index (χ0) is 12.3. The van der Waals surface area contributed by atoms with Crippen molar-refractivity contribution in [2.24, 2.45) is 5.92 Å². The van der Waals surface area contributed by atoms with Gasteiger partial charge in [0.05, 0.1) is 0 Å². The Morgan fingerprint density at radius 1 is 1.29 bits per heavy atom. The molecule has 2 atom stereocenters. The van der Waals surface area contributed by atoms with Gasteiger partial charge in [0.25, 0.3) is 0 Å². The number of carbonyl (C=O) groups is 2. The molecule has 0 aromatic carbocycles. The van der Waals surface area contributed by atoms with E-state index in [1.165, 1.54) is 6.42 Å². The van der Waals surface area contributed by atoms with Crippen molar-refractivity contribution in [3.05, 3.63) is 0 Å². The van der Waals surface area contributed by atoms with E-state index < -0.39 is 0 Å². The first-order valence-electron chi connectivity index (χ1n) is 7.06. The van der Waals surface area contributed by atoms with E-state index in [4.69, 9.17) is 0 Å². The smallest absolute Gasteiger partial charge is 0.222 e. The number of hydrogen-bond acceptors (Lipinski definition) is 2. The summed E-state index contributed by atoms with van der Waals surface area (Å²) in [5.41, 5.74) is 0. The molecule has 96 valence electrons. The summed E-state index contributed by atoms with van der Waals surface area (Å²) < 4.78 is 0. The van der Waals surface area contributed by atoms with Crippen LogP contribution in [0.4, 0.5) is 0 Å². The van der Waals surface area contributed by atoms with Gasteiger partial charge < -0.3 is 4.90 Å². The second kappa shape index (κ2) is 5.65. The Bertz CT molecular complexity index is 301. The summed E-state index contributed by atoms with van der Waals surface area (Å²) >= 11 is 0. The van der Waals surface area contributed by atoms with E-state index in [2.05, 4.69) is 0 Å².